The van der Waals surface area contributed by atoms with E-state index < -0.39 is 33.9 Å². The van der Waals surface area contributed by atoms with Crippen molar-refractivity contribution in [3.8, 4) is 11.3 Å². The molecule has 0 saturated carbocycles. The van der Waals surface area contributed by atoms with Crippen LogP contribution < -0.4 is 5.32 Å². The lowest BCUT2D eigenvalue weighted by molar-refractivity contribution is -0.134. The number of rotatable bonds is 8. The molecule has 35 heavy (non-hydrogen) atoms. The minimum absolute atomic E-state index is 0.00458. The van der Waals surface area contributed by atoms with Crippen molar-refractivity contribution in [2.24, 2.45) is 0 Å². The van der Waals surface area contributed by atoms with Gasteiger partial charge in [0.1, 0.15) is 10.7 Å². The fourth-order valence-electron chi connectivity index (χ4n) is 3.02. The van der Waals surface area contributed by atoms with E-state index >= 15 is 0 Å². The highest BCUT2D eigenvalue weighted by atomic mass is 32.2. The summed E-state index contributed by atoms with van der Waals surface area (Å²) >= 11 is 0. The van der Waals surface area contributed by atoms with Crippen LogP contribution >= 0.6 is 0 Å². The van der Waals surface area contributed by atoms with Gasteiger partial charge in [-0.2, -0.15) is 0 Å². The average Bonchev–Trinajstić information content (AvgIpc) is 3.23. The number of pyridine rings is 1. The van der Waals surface area contributed by atoms with E-state index in [0.29, 0.717) is 24.3 Å². The number of aliphatic hydroxyl groups is 1. The molecular weight excluding hydrogens is 481 g/mol. The maximum atomic E-state index is 15.0. The normalized spacial score (nSPS) is 12.1. The Labute approximate surface area is 201 Å². The van der Waals surface area contributed by atoms with Crippen molar-refractivity contribution in [2.45, 2.75) is 24.5 Å². The molecule has 0 aliphatic rings. The third kappa shape index (κ3) is 7.06. The van der Waals surface area contributed by atoms with Crippen LogP contribution in [0.15, 0.2) is 72.0 Å². The molecule has 0 bridgehead atoms. The van der Waals surface area contributed by atoms with Crippen molar-refractivity contribution in [3.63, 3.8) is 0 Å². The molecule has 12 heteroatoms. The lowest BCUT2D eigenvalue weighted by atomic mass is 10.0. The van der Waals surface area contributed by atoms with Gasteiger partial charge in [0, 0.05) is 48.4 Å². The van der Waals surface area contributed by atoms with Crippen molar-refractivity contribution in [3.05, 3.63) is 84.1 Å². The Morgan fingerprint density at radius 3 is 2.34 bits per heavy atom. The molecular formula is C23H24FN3O7S. The molecule has 0 spiro atoms. The van der Waals surface area contributed by atoms with E-state index in [1.165, 1.54) is 49.8 Å². The summed E-state index contributed by atoms with van der Waals surface area (Å²) in [5.74, 6) is -3.16. The Morgan fingerprint density at radius 2 is 1.83 bits per heavy atom. The van der Waals surface area contributed by atoms with Crippen molar-refractivity contribution in [1.29, 1.82) is 0 Å². The first-order valence-electron chi connectivity index (χ1n) is 10.1. The first kappa shape index (κ1) is 27.4. The van der Waals surface area contributed by atoms with Gasteiger partial charge in [-0.05, 0) is 43.8 Å². The zero-order valence-corrected chi connectivity index (χ0v) is 19.6. The molecule has 0 amide bonds. The molecule has 4 N–H and O–H groups in total. The molecule has 3 rings (SSSR count). The standard InChI is InChI=1S/C19H20FN3O3S.C4H4O4/c1-13(24)16-6-3-7-17(19(16)20)18-9-14(10-21-2)12-23(18)27(25,26)15-5-4-8-22-11-15;5-3(6)1-2-4(7)8/h3-9,11-13,21,24H,10H2,1-2H3;1-2H,(H,5,6)(H,7,8)/b;2-1+. The number of nitrogens with one attached hydrogen (secondary N) is 1. The van der Waals surface area contributed by atoms with Crippen LogP contribution in [0.3, 0.4) is 0 Å². The van der Waals surface area contributed by atoms with Crippen molar-refractivity contribution < 1.29 is 37.7 Å². The molecule has 10 nitrogen and oxygen atoms in total. The number of aromatic nitrogens is 2. The van der Waals surface area contributed by atoms with E-state index in [-0.39, 0.29) is 21.7 Å². The van der Waals surface area contributed by atoms with Gasteiger partial charge in [-0.15, -0.1) is 0 Å². The van der Waals surface area contributed by atoms with Crippen molar-refractivity contribution in [1.82, 2.24) is 14.3 Å². The van der Waals surface area contributed by atoms with Gasteiger partial charge in [0.15, 0.2) is 0 Å². The lowest BCUT2D eigenvalue weighted by Gasteiger charge is -2.13. The number of aliphatic hydroxyl groups excluding tert-OH is 1. The molecule has 3 aromatic rings. The molecule has 0 aliphatic carbocycles. The summed E-state index contributed by atoms with van der Waals surface area (Å²) in [4.78, 5) is 23.0. The van der Waals surface area contributed by atoms with Crippen LogP contribution in [-0.2, 0) is 26.2 Å². The number of carboxylic acid groups (broad SMARTS) is 2. The SMILES string of the molecule is CNCc1cc(-c2cccc(C(C)O)c2F)n(S(=O)(=O)c2cccnc2)c1.O=C(O)/C=C/C(=O)O. The van der Waals surface area contributed by atoms with Crippen molar-refractivity contribution in [2.75, 3.05) is 7.05 Å². The summed E-state index contributed by atoms with van der Waals surface area (Å²) in [5, 5.41) is 28.4. The topological polar surface area (TPSA) is 159 Å². The smallest absolute Gasteiger partial charge is 0.328 e. The maximum Gasteiger partial charge on any atom is 0.328 e. The van der Waals surface area contributed by atoms with E-state index in [9.17, 15) is 27.5 Å². The molecule has 1 atom stereocenters. The fourth-order valence-corrected chi connectivity index (χ4v) is 4.37. The number of nitrogens with zero attached hydrogens (tertiary/aromatic N) is 2. The molecule has 1 aromatic carbocycles. The zero-order valence-electron chi connectivity index (χ0n) is 18.8. The summed E-state index contributed by atoms with van der Waals surface area (Å²) in [5.41, 5.74) is 1.07. The van der Waals surface area contributed by atoms with Crippen LogP contribution in [-0.4, -0.2) is 51.7 Å². The minimum atomic E-state index is -3.97. The van der Waals surface area contributed by atoms with Gasteiger partial charge < -0.3 is 20.6 Å². The summed E-state index contributed by atoms with van der Waals surface area (Å²) in [6.45, 7) is 1.88. The lowest BCUT2D eigenvalue weighted by Crippen LogP contribution is -2.14. The fraction of sp³-hybridized carbons (Fsp3) is 0.174. The summed E-state index contributed by atoms with van der Waals surface area (Å²) in [6.07, 6.45) is 4.29. The molecule has 2 aromatic heterocycles. The van der Waals surface area contributed by atoms with E-state index in [1.807, 2.05) is 0 Å². The minimum Gasteiger partial charge on any atom is -0.478 e. The number of halogens is 1. The highest BCUT2D eigenvalue weighted by Gasteiger charge is 2.24. The largest absolute Gasteiger partial charge is 0.478 e. The number of aliphatic carboxylic acids is 2. The Balaban J connectivity index is 0.000000466. The highest BCUT2D eigenvalue weighted by Crippen LogP contribution is 2.31. The molecule has 186 valence electrons. The third-order valence-corrected chi connectivity index (χ3v) is 6.20. The van der Waals surface area contributed by atoms with E-state index in [1.54, 1.807) is 19.2 Å². The van der Waals surface area contributed by atoms with Crippen LogP contribution in [0.2, 0.25) is 0 Å². The van der Waals surface area contributed by atoms with Gasteiger partial charge in [-0.25, -0.2) is 26.4 Å². The number of benzene rings is 1. The highest BCUT2D eigenvalue weighted by molar-refractivity contribution is 7.90. The van der Waals surface area contributed by atoms with Gasteiger partial charge in [0.25, 0.3) is 10.0 Å². The van der Waals surface area contributed by atoms with Crippen LogP contribution in [0, 0.1) is 5.82 Å². The van der Waals surface area contributed by atoms with Crippen LogP contribution in [0.5, 0.6) is 0 Å². The van der Waals surface area contributed by atoms with Crippen molar-refractivity contribution >= 4 is 22.0 Å². The summed E-state index contributed by atoms with van der Waals surface area (Å²) in [7, 11) is -2.23. The predicted octanol–water partition coefficient (Wildman–Crippen LogP) is 2.41. The molecule has 0 saturated heterocycles. The van der Waals surface area contributed by atoms with Crippen LogP contribution in [0.1, 0.15) is 24.2 Å². The van der Waals surface area contributed by atoms with Crippen LogP contribution in [0.25, 0.3) is 11.3 Å². The maximum absolute atomic E-state index is 15.0. The average molecular weight is 506 g/mol. The molecule has 0 radical (unpaired) electrons. The number of hydrogen-bond donors (Lipinski definition) is 4. The summed E-state index contributed by atoms with van der Waals surface area (Å²) in [6, 6.07) is 9.14. The number of hydrogen-bond acceptors (Lipinski definition) is 7. The first-order chi connectivity index (χ1) is 16.5. The number of carboxylic acids is 2. The van der Waals surface area contributed by atoms with Gasteiger partial charge in [-0.1, -0.05) is 12.1 Å². The van der Waals surface area contributed by atoms with E-state index in [0.717, 1.165) is 3.97 Å². The van der Waals surface area contributed by atoms with E-state index in [4.69, 9.17) is 10.2 Å². The number of carbonyl (C=O) groups is 2. The van der Waals surface area contributed by atoms with Crippen LogP contribution in [0.4, 0.5) is 4.39 Å². The van der Waals surface area contributed by atoms with E-state index in [2.05, 4.69) is 10.3 Å². The Bertz CT molecular complexity index is 1300. The monoisotopic (exact) mass is 505 g/mol. The van der Waals surface area contributed by atoms with Gasteiger partial charge >= 0.3 is 11.9 Å². The van der Waals surface area contributed by atoms with Gasteiger partial charge in [0.05, 0.1) is 11.8 Å². The molecule has 0 fully saturated rings. The van der Waals surface area contributed by atoms with Gasteiger partial charge in [-0.3, -0.25) is 4.98 Å². The second-order valence-corrected chi connectivity index (χ2v) is 8.96. The second-order valence-electron chi connectivity index (χ2n) is 7.15. The third-order valence-electron chi connectivity index (χ3n) is 4.54. The summed E-state index contributed by atoms with van der Waals surface area (Å²) < 4.78 is 42.2. The Morgan fingerprint density at radius 1 is 1.17 bits per heavy atom. The molecule has 2 heterocycles. The molecule has 0 aliphatic heterocycles. The quantitative estimate of drug-likeness (QED) is 0.337. The second kappa shape index (κ2) is 12.0. The first-order valence-corrected chi connectivity index (χ1v) is 11.5. The Hall–Kier alpha value is -3.87. The molecule has 1 unspecified atom stereocenters. The van der Waals surface area contributed by atoms with Gasteiger partial charge in [0.2, 0.25) is 0 Å². The Kier molecular flexibility index (Phi) is 9.40. The zero-order chi connectivity index (χ0) is 26.2. The predicted molar refractivity (Wildman–Crippen MR) is 124 cm³/mol.